The Labute approximate surface area is 122 Å². The van der Waals surface area contributed by atoms with E-state index in [-0.39, 0.29) is 10.8 Å². The van der Waals surface area contributed by atoms with Crippen molar-refractivity contribution in [2.45, 2.75) is 41.0 Å². The van der Waals surface area contributed by atoms with Gasteiger partial charge in [-0.1, -0.05) is 63.0 Å². The van der Waals surface area contributed by atoms with Crippen LogP contribution in [0.15, 0.2) is 69.7 Å². The zero-order valence-corrected chi connectivity index (χ0v) is 13.1. The summed E-state index contributed by atoms with van der Waals surface area (Å²) < 4.78 is 0. The first-order valence-corrected chi connectivity index (χ1v) is 7.37. The standard InChI is InChI=1S/C20H22/c1-14-10-12-17-18(13-11-14)20(4,5)16-9-7-6-8-15(16)19(17,2)3/h8-10,12-13H,11H2,1-5H3. The van der Waals surface area contributed by atoms with Crippen molar-refractivity contribution in [3.05, 3.63) is 69.7 Å². The highest BCUT2D eigenvalue weighted by Crippen LogP contribution is 2.56. The molecular weight excluding hydrogens is 240 g/mol. The van der Waals surface area contributed by atoms with E-state index < -0.39 is 0 Å². The van der Waals surface area contributed by atoms with Crippen molar-refractivity contribution >= 4 is 0 Å². The Balaban J connectivity index is 2.32. The molecule has 0 nitrogen and oxygen atoms in total. The zero-order chi connectivity index (χ0) is 14.5. The fourth-order valence-electron chi connectivity index (χ4n) is 3.60. The monoisotopic (exact) mass is 262 g/mol. The first-order chi connectivity index (χ1) is 9.35. The average molecular weight is 262 g/mol. The van der Waals surface area contributed by atoms with Gasteiger partial charge >= 0.3 is 0 Å². The van der Waals surface area contributed by atoms with Crippen molar-refractivity contribution in [2.75, 3.05) is 0 Å². The van der Waals surface area contributed by atoms with Gasteiger partial charge in [-0.15, -0.1) is 0 Å². The van der Waals surface area contributed by atoms with Crippen LogP contribution in [-0.4, -0.2) is 0 Å². The molecule has 0 fully saturated rings. The third-order valence-corrected chi connectivity index (χ3v) is 4.95. The van der Waals surface area contributed by atoms with E-state index in [9.17, 15) is 0 Å². The Morgan fingerprint density at radius 2 is 1.40 bits per heavy atom. The normalized spacial score (nSPS) is 25.4. The fourth-order valence-corrected chi connectivity index (χ4v) is 3.60. The van der Waals surface area contributed by atoms with Crippen LogP contribution in [0.4, 0.5) is 0 Å². The van der Waals surface area contributed by atoms with E-state index in [1.165, 1.54) is 27.9 Å². The van der Waals surface area contributed by atoms with Gasteiger partial charge in [0.2, 0.25) is 0 Å². The van der Waals surface area contributed by atoms with Gasteiger partial charge in [-0.25, -0.2) is 0 Å². The van der Waals surface area contributed by atoms with Gasteiger partial charge in [0.05, 0.1) is 0 Å². The molecule has 0 atom stereocenters. The maximum absolute atomic E-state index is 3.15. The summed E-state index contributed by atoms with van der Waals surface area (Å²) in [6, 6.07) is 0. The third-order valence-electron chi connectivity index (χ3n) is 4.95. The largest absolute Gasteiger partial charge is 0.0761 e. The first kappa shape index (κ1) is 13.3. The molecule has 0 heteroatoms. The van der Waals surface area contributed by atoms with Crippen LogP contribution in [0.25, 0.3) is 0 Å². The van der Waals surface area contributed by atoms with Crippen LogP contribution >= 0.6 is 0 Å². The lowest BCUT2D eigenvalue weighted by atomic mass is 9.57. The van der Waals surface area contributed by atoms with Crippen LogP contribution in [0.3, 0.4) is 0 Å². The zero-order valence-electron chi connectivity index (χ0n) is 13.1. The van der Waals surface area contributed by atoms with Gasteiger partial charge in [0.15, 0.2) is 0 Å². The predicted octanol–water partition coefficient (Wildman–Crippen LogP) is 5.43. The second-order valence-corrected chi connectivity index (χ2v) is 7.07. The lowest BCUT2D eigenvalue weighted by Gasteiger charge is -2.46. The van der Waals surface area contributed by atoms with E-state index in [0.29, 0.717) is 0 Å². The Morgan fingerprint density at radius 1 is 0.850 bits per heavy atom. The summed E-state index contributed by atoms with van der Waals surface area (Å²) in [4.78, 5) is 0. The van der Waals surface area contributed by atoms with Gasteiger partial charge < -0.3 is 0 Å². The maximum atomic E-state index is 3.15. The van der Waals surface area contributed by atoms with Crippen LogP contribution in [0.5, 0.6) is 0 Å². The minimum atomic E-state index is 0.0312. The molecule has 3 aliphatic rings. The summed E-state index contributed by atoms with van der Waals surface area (Å²) in [6.07, 6.45) is 12.3. The topological polar surface area (TPSA) is 0 Å². The smallest absolute Gasteiger partial charge is 0.0159 e. The fraction of sp³-hybridized carbons (Fsp3) is 0.400. The van der Waals surface area contributed by atoms with Crippen molar-refractivity contribution in [2.24, 2.45) is 10.8 Å². The molecule has 20 heavy (non-hydrogen) atoms. The first-order valence-electron chi connectivity index (χ1n) is 7.37. The van der Waals surface area contributed by atoms with Crippen molar-refractivity contribution in [3.63, 3.8) is 0 Å². The minimum Gasteiger partial charge on any atom is -0.0761 e. The van der Waals surface area contributed by atoms with Gasteiger partial charge in [-0.05, 0) is 47.8 Å². The van der Waals surface area contributed by atoms with Gasteiger partial charge in [0.25, 0.3) is 0 Å². The molecule has 3 rings (SSSR count). The molecule has 0 aromatic rings. The van der Waals surface area contributed by atoms with E-state index in [1.807, 2.05) is 0 Å². The van der Waals surface area contributed by atoms with E-state index in [0.717, 1.165) is 6.42 Å². The quantitative estimate of drug-likeness (QED) is 0.510. The number of rotatable bonds is 0. The maximum Gasteiger partial charge on any atom is 0.0159 e. The van der Waals surface area contributed by atoms with Crippen LogP contribution in [-0.2, 0) is 0 Å². The highest BCUT2D eigenvalue weighted by Gasteiger charge is 2.44. The van der Waals surface area contributed by atoms with E-state index in [2.05, 4.69) is 76.5 Å². The molecule has 0 aliphatic heterocycles. The minimum absolute atomic E-state index is 0.0312. The molecule has 3 aliphatic carbocycles. The molecule has 102 valence electrons. The molecule has 0 unspecified atom stereocenters. The molecule has 0 aromatic carbocycles. The van der Waals surface area contributed by atoms with E-state index >= 15 is 0 Å². The van der Waals surface area contributed by atoms with Crippen LogP contribution in [0.2, 0.25) is 0 Å². The molecule has 0 saturated heterocycles. The van der Waals surface area contributed by atoms with Gasteiger partial charge in [0.1, 0.15) is 0 Å². The molecule has 0 N–H and O–H groups in total. The molecule has 0 radical (unpaired) electrons. The Hall–Kier alpha value is -1.74. The summed E-state index contributed by atoms with van der Waals surface area (Å²) in [7, 11) is 0. The molecule has 0 bridgehead atoms. The molecular formula is C20H22. The third kappa shape index (κ3) is 1.70. The Bertz CT molecular complexity index is 699. The summed E-state index contributed by atoms with van der Waals surface area (Å²) in [5.74, 6) is 0. The van der Waals surface area contributed by atoms with Crippen molar-refractivity contribution in [3.8, 4) is 0 Å². The van der Waals surface area contributed by atoms with E-state index in [4.69, 9.17) is 0 Å². The molecule has 0 heterocycles. The molecule has 0 saturated carbocycles. The summed E-state index contributed by atoms with van der Waals surface area (Å²) in [5.41, 5.74) is 13.5. The van der Waals surface area contributed by atoms with Crippen LogP contribution < -0.4 is 0 Å². The average Bonchev–Trinajstić information content (AvgIpc) is 2.60. The summed E-state index contributed by atoms with van der Waals surface area (Å²) >= 11 is 0. The molecule has 0 amide bonds. The number of hydrogen-bond acceptors (Lipinski definition) is 0. The highest BCUT2D eigenvalue weighted by atomic mass is 14.5. The Morgan fingerprint density at radius 3 is 2.00 bits per heavy atom. The van der Waals surface area contributed by atoms with Gasteiger partial charge in [-0.2, -0.15) is 0 Å². The van der Waals surface area contributed by atoms with Gasteiger partial charge in [0, 0.05) is 10.8 Å². The highest BCUT2D eigenvalue weighted by molar-refractivity contribution is 5.62. The SMILES string of the molecule is CC1=CC=C2C(=CC1)C(C)(C)C1=C(C=C=C=C1)C2(C)C. The van der Waals surface area contributed by atoms with Crippen molar-refractivity contribution in [1.82, 2.24) is 0 Å². The number of fused-ring (bicyclic) bond motifs is 1. The predicted molar refractivity (Wildman–Crippen MR) is 85.3 cm³/mol. The van der Waals surface area contributed by atoms with Crippen molar-refractivity contribution in [1.29, 1.82) is 0 Å². The second kappa shape index (κ2) is 4.13. The van der Waals surface area contributed by atoms with Gasteiger partial charge in [-0.3, -0.25) is 0 Å². The van der Waals surface area contributed by atoms with E-state index in [1.54, 1.807) is 0 Å². The lowest BCUT2D eigenvalue weighted by molar-refractivity contribution is 0.440. The summed E-state index contributed by atoms with van der Waals surface area (Å²) in [5, 5.41) is 0. The number of allylic oxidation sites excluding steroid dienone is 10. The van der Waals surface area contributed by atoms with Crippen LogP contribution in [0, 0.1) is 10.8 Å². The van der Waals surface area contributed by atoms with Crippen molar-refractivity contribution < 1.29 is 0 Å². The Kier molecular flexibility index (Phi) is 2.73. The lowest BCUT2D eigenvalue weighted by Crippen LogP contribution is -2.34. The number of hydrogen-bond donors (Lipinski definition) is 0. The molecule has 0 aromatic heterocycles. The second-order valence-electron chi connectivity index (χ2n) is 7.07. The summed E-state index contributed by atoms with van der Waals surface area (Å²) in [6.45, 7) is 11.5. The van der Waals surface area contributed by atoms with Crippen LogP contribution in [0.1, 0.15) is 41.0 Å². The molecule has 0 spiro atoms.